The second-order valence-corrected chi connectivity index (χ2v) is 12.8. The van der Waals surface area contributed by atoms with E-state index in [0.717, 1.165) is 28.2 Å². The van der Waals surface area contributed by atoms with E-state index in [4.69, 9.17) is 4.98 Å². The molecule has 0 saturated carbocycles. The molecular weight excluding hydrogens is 583 g/mol. The van der Waals surface area contributed by atoms with Gasteiger partial charge < -0.3 is 8.97 Å². The third-order valence-electron chi connectivity index (χ3n) is 10.2. The molecule has 0 unspecified atom stereocenters. The number of para-hydroxylation sites is 1. The Morgan fingerprint density at radius 1 is 0.375 bits per heavy atom. The van der Waals surface area contributed by atoms with Gasteiger partial charge in [-0.3, -0.25) is 0 Å². The summed E-state index contributed by atoms with van der Waals surface area (Å²) in [6.45, 7) is 0. The Hall–Kier alpha value is -6.45. The van der Waals surface area contributed by atoms with E-state index in [1.165, 1.54) is 70.7 Å². The van der Waals surface area contributed by atoms with Crippen LogP contribution in [-0.2, 0) is 0 Å². The van der Waals surface area contributed by atoms with E-state index in [2.05, 4.69) is 173 Å². The van der Waals surface area contributed by atoms with Gasteiger partial charge in [0.2, 0.25) is 0 Å². The SMILES string of the molecule is c1ccc(-c2cc(-n3c4c5ccccc5ccc4c4c3c3cc5ccccc5c5c6ccccc6n4c35)cc(-c3ccccc3)n2)cc1. The van der Waals surface area contributed by atoms with Crippen LogP contribution >= 0.6 is 0 Å². The summed E-state index contributed by atoms with van der Waals surface area (Å²) in [6, 6.07) is 59.2. The van der Waals surface area contributed by atoms with Crippen LogP contribution in [0.2, 0.25) is 0 Å². The zero-order valence-electron chi connectivity index (χ0n) is 25.9. The van der Waals surface area contributed by atoms with E-state index in [1.807, 2.05) is 0 Å². The fourth-order valence-electron chi connectivity index (χ4n) is 8.18. The molecule has 7 aromatic carbocycles. The van der Waals surface area contributed by atoms with Gasteiger partial charge in [0.15, 0.2) is 0 Å². The van der Waals surface area contributed by atoms with Crippen molar-refractivity contribution in [3.05, 3.63) is 164 Å². The van der Waals surface area contributed by atoms with Gasteiger partial charge in [0.05, 0.1) is 44.7 Å². The fourth-order valence-corrected chi connectivity index (χ4v) is 8.18. The van der Waals surface area contributed by atoms with Crippen molar-refractivity contribution in [2.45, 2.75) is 0 Å². The standard InChI is InChI=1S/C45H27N3/c1-3-14-29(15-4-1)38-26-32(27-39(46-38)30-16-5-2-6-17-30)47-42-34-20-10-7-13-28(34)23-24-36(42)44-45(47)37-25-31-18-8-9-19-33(31)41-35-21-11-12-22-40(35)48(44)43(37)41/h1-27H. The van der Waals surface area contributed by atoms with Crippen LogP contribution in [0.25, 0.3) is 98.9 Å². The van der Waals surface area contributed by atoms with Crippen molar-refractivity contribution < 1.29 is 0 Å². The second-order valence-electron chi connectivity index (χ2n) is 12.8. The minimum Gasteiger partial charge on any atom is -0.306 e. The quantitative estimate of drug-likeness (QED) is 0.195. The van der Waals surface area contributed by atoms with Crippen LogP contribution in [0.15, 0.2) is 164 Å². The summed E-state index contributed by atoms with van der Waals surface area (Å²) in [4.78, 5) is 5.25. The third-order valence-corrected chi connectivity index (χ3v) is 10.2. The lowest BCUT2D eigenvalue weighted by molar-refractivity contribution is 1.17. The van der Waals surface area contributed by atoms with E-state index in [-0.39, 0.29) is 0 Å². The normalized spacial score (nSPS) is 12.2. The maximum Gasteiger partial charge on any atom is 0.0804 e. The average molecular weight is 610 g/mol. The van der Waals surface area contributed by atoms with Gasteiger partial charge in [0.1, 0.15) is 0 Å². The van der Waals surface area contributed by atoms with Crippen molar-refractivity contribution in [1.82, 2.24) is 14.0 Å². The molecule has 0 aliphatic carbocycles. The minimum absolute atomic E-state index is 0.953. The van der Waals surface area contributed by atoms with Crippen LogP contribution in [0, 0.1) is 0 Å². The average Bonchev–Trinajstić information content (AvgIpc) is 3.80. The summed E-state index contributed by atoms with van der Waals surface area (Å²) in [7, 11) is 0. The van der Waals surface area contributed by atoms with Crippen molar-refractivity contribution in [2.75, 3.05) is 0 Å². The van der Waals surface area contributed by atoms with Crippen LogP contribution in [0.5, 0.6) is 0 Å². The monoisotopic (exact) mass is 609 g/mol. The van der Waals surface area contributed by atoms with Gasteiger partial charge in [-0.05, 0) is 40.4 Å². The van der Waals surface area contributed by atoms with Crippen molar-refractivity contribution in [2.24, 2.45) is 0 Å². The molecular formula is C45H27N3. The van der Waals surface area contributed by atoms with E-state index < -0.39 is 0 Å². The largest absolute Gasteiger partial charge is 0.306 e. The summed E-state index contributed by atoms with van der Waals surface area (Å²) in [5, 5.41) is 10.1. The Bertz CT molecular complexity index is 2980. The molecule has 0 aliphatic rings. The molecule has 48 heavy (non-hydrogen) atoms. The zero-order chi connectivity index (χ0) is 31.3. The molecule has 0 atom stereocenters. The maximum atomic E-state index is 5.25. The molecule has 11 rings (SSSR count). The molecule has 0 spiro atoms. The lowest BCUT2D eigenvalue weighted by Crippen LogP contribution is -1.99. The molecule has 0 radical (unpaired) electrons. The Kier molecular flexibility index (Phi) is 5.11. The Morgan fingerprint density at radius 2 is 0.979 bits per heavy atom. The van der Waals surface area contributed by atoms with Crippen LogP contribution < -0.4 is 0 Å². The first kappa shape index (κ1) is 25.7. The van der Waals surface area contributed by atoms with E-state index in [9.17, 15) is 0 Å². The van der Waals surface area contributed by atoms with Gasteiger partial charge in [0, 0.05) is 38.1 Å². The molecule has 0 aliphatic heterocycles. The van der Waals surface area contributed by atoms with E-state index >= 15 is 0 Å². The summed E-state index contributed by atoms with van der Waals surface area (Å²) in [6.07, 6.45) is 0. The highest BCUT2D eigenvalue weighted by Crippen LogP contribution is 2.48. The number of aromatic nitrogens is 3. The van der Waals surface area contributed by atoms with Crippen LogP contribution in [0.4, 0.5) is 0 Å². The summed E-state index contributed by atoms with van der Waals surface area (Å²) in [5.74, 6) is 0. The lowest BCUT2D eigenvalue weighted by atomic mass is 10.0. The first-order chi connectivity index (χ1) is 23.8. The number of fused-ring (bicyclic) bond motifs is 12. The first-order valence-corrected chi connectivity index (χ1v) is 16.5. The van der Waals surface area contributed by atoms with E-state index in [1.54, 1.807) is 0 Å². The molecule has 0 bridgehead atoms. The van der Waals surface area contributed by atoms with Crippen LogP contribution in [-0.4, -0.2) is 14.0 Å². The van der Waals surface area contributed by atoms with Gasteiger partial charge in [-0.1, -0.05) is 140 Å². The van der Waals surface area contributed by atoms with E-state index in [0.29, 0.717) is 0 Å². The topological polar surface area (TPSA) is 22.2 Å². The van der Waals surface area contributed by atoms with Crippen molar-refractivity contribution in [3.63, 3.8) is 0 Å². The highest BCUT2D eigenvalue weighted by molar-refractivity contribution is 6.34. The number of nitrogens with zero attached hydrogens (tertiary/aromatic N) is 3. The number of hydrogen-bond acceptors (Lipinski definition) is 1. The Labute approximate surface area is 275 Å². The molecule has 0 N–H and O–H groups in total. The smallest absolute Gasteiger partial charge is 0.0804 e. The summed E-state index contributed by atoms with van der Waals surface area (Å²) in [5.41, 5.74) is 11.4. The highest BCUT2D eigenvalue weighted by Gasteiger charge is 2.26. The Balaban J connectivity index is 1.40. The molecule has 4 heterocycles. The summed E-state index contributed by atoms with van der Waals surface area (Å²) >= 11 is 0. The number of benzene rings is 7. The third kappa shape index (κ3) is 3.40. The predicted molar refractivity (Wildman–Crippen MR) is 202 cm³/mol. The molecule has 0 saturated heterocycles. The molecule has 3 heteroatoms. The zero-order valence-corrected chi connectivity index (χ0v) is 25.9. The first-order valence-electron chi connectivity index (χ1n) is 16.5. The van der Waals surface area contributed by atoms with Crippen molar-refractivity contribution in [3.8, 4) is 28.2 Å². The van der Waals surface area contributed by atoms with Crippen molar-refractivity contribution in [1.29, 1.82) is 0 Å². The van der Waals surface area contributed by atoms with Gasteiger partial charge in [0.25, 0.3) is 0 Å². The van der Waals surface area contributed by atoms with Gasteiger partial charge in [-0.15, -0.1) is 0 Å². The van der Waals surface area contributed by atoms with Crippen LogP contribution in [0.1, 0.15) is 0 Å². The molecule has 4 aromatic heterocycles. The summed E-state index contributed by atoms with van der Waals surface area (Å²) < 4.78 is 5.06. The van der Waals surface area contributed by atoms with Crippen LogP contribution in [0.3, 0.4) is 0 Å². The molecule has 0 fully saturated rings. The molecule has 0 amide bonds. The highest BCUT2D eigenvalue weighted by atomic mass is 15.0. The Morgan fingerprint density at radius 3 is 1.71 bits per heavy atom. The number of hydrogen-bond donors (Lipinski definition) is 0. The molecule has 222 valence electrons. The number of rotatable bonds is 3. The van der Waals surface area contributed by atoms with Gasteiger partial charge in [-0.2, -0.15) is 0 Å². The van der Waals surface area contributed by atoms with Crippen molar-refractivity contribution >= 4 is 70.7 Å². The van der Waals surface area contributed by atoms with Gasteiger partial charge in [-0.25, -0.2) is 4.98 Å². The lowest BCUT2D eigenvalue weighted by Gasteiger charge is -2.14. The second kappa shape index (κ2) is 9.54. The molecule has 11 aromatic rings. The fraction of sp³-hybridized carbons (Fsp3) is 0. The predicted octanol–water partition coefficient (Wildman–Crippen LogP) is 11.8. The number of pyridine rings is 1. The van der Waals surface area contributed by atoms with Gasteiger partial charge >= 0.3 is 0 Å². The minimum atomic E-state index is 0.953. The molecule has 3 nitrogen and oxygen atoms in total. The maximum absolute atomic E-state index is 5.25.